The zero-order valence-electron chi connectivity index (χ0n) is 13.1. The quantitative estimate of drug-likeness (QED) is 0.726. The predicted octanol–water partition coefficient (Wildman–Crippen LogP) is 4.68. The number of hydrogen-bond acceptors (Lipinski definition) is 2. The van der Waals surface area contributed by atoms with E-state index in [0.717, 1.165) is 15.6 Å². The molecule has 0 fully saturated rings. The number of hydrogen-bond donors (Lipinski definition) is 2. The van der Waals surface area contributed by atoms with Crippen LogP contribution < -0.4 is 5.32 Å². The molecule has 6 heteroatoms. The SMILES string of the molecule is Cc1ccc(NC(=O)C[C@H](Cc2ccc(Cl)cc2)C(=O)O)cc1Br. The van der Waals surface area contributed by atoms with Gasteiger partial charge in [-0.1, -0.05) is 45.7 Å². The summed E-state index contributed by atoms with van der Waals surface area (Å²) >= 11 is 9.23. The van der Waals surface area contributed by atoms with Gasteiger partial charge in [-0.05, 0) is 48.7 Å². The van der Waals surface area contributed by atoms with E-state index in [2.05, 4.69) is 21.2 Å². The topological polar surface area (TPSA) is 66.4 Å². The third-order valence-electron chi connectivity index (χ3n) is 3.63. The standard InChI is InChI=1S/C18H17BrClNO3/c1-11-2-7-15(10-16(11)19)21-17(22)9-13(18(23)24)8-12-3-5-14(20)6-4-12/h2-7,10,13H,8-9H2,1H3,(H,21,22)(H,23,24)/t13-/m0/s1. The highest BCUT2D eigenvalue weighted by atomic mass is 79.9. The minimum Gasteiger partial charge on any atom is -0.481 e. The van der Waals surface area contributed by atoms with Crippen LogP contribution in [0.15, 0.2) is 46.9 Å². The Morgan fingerprint density at radius 3 is 2.46 bits per heavy atom. The second kappa shape index (κ2) is 8.31. The molecular formula is C18H17BrClNO3. The van der Waals surface area contributed by atoms with E-state index in [1.807, 2.05) is 13.0 Å². The number of carboxylic acid groups (broad SMARTS) is 1. The van der Waals surface area contributed by atoms with E-state index >= 15 is 0 Å². The molecule has 0 saturated heterocycles. The minimum absolute atomic E-state index is 0.0938. The summed E-state index contributed by atoms with van der Waals surface area (Å²) in [6.45, 7) is 1.95. The number of carboxylic acids is 1. The van der Waals surface area contributed by atoms with E-state index in [-0.39, 0.29) is 18.7 Å². The molecule has 0 aromatic heterocycles. The molecular weight excluding hydrogens is 394 g/mol. The summed E-state index contributed by atoms with van der Waals surface area (Å²) in [7, 11) is 0. The Kier molecular flexibility index (Phi) is 6.40. The first-order valence-corrected chi connectivity index (χ1v) is 8.55. The number of halogens is 2. The first-order valence-electron chi connectivity index (χ1n) is 7.38. The summed E-state index contributed by atoms with van der Waals surface area (Å²) in [5.41, 5.74) is 2.52. The number of aryl methyl sites for hydroxylation is 1. The maximum absolute atomic E-state index is 12.2. The summed E-state index contributed by atoms with van der Waals surface area (Å²) in [5, 5.41) is 12.7. The van der Waals surface area contributed by atoms with Crippen molar-refractivity contribution in [2.75, 3.05) is 5.32 Å². The molecule has 1 atom stereocenters. The average Bonchev–Trinajstić information content (AvgIpc) is 2.52. The second-order valence-electron chi connectivity index (χ2n) is 5.58. The van der Waals surface area contributed by atoms with Gasteiger partial charge in [0.25, 0.3) is 0 Å². The molecule has 126 valence electrons. The zero-order chi connectivity index (χ0) is 17.7. The Hall–Kier alpha value is -1.85. The van der Waals surface area contributed by atoms with E-state index in [1.165, 1.54) is 0 Å². The van der Waals surface area contributed by atoms with Crippen molar-refractivity contribution in [2.24, 2.45) is 5.92 Å². The van der Waals surface area contributed by atoms with Gasteiger partial charge in [-0.25, -0.2) is 0 Å². The molecule has 1 amide bonds. The molecule has 2 aromatic carbocycles. The molecule has 0 unspecified atom stereocenters. The van der Waals surface area contributed by atoms with Gasteiger partial charge in [-0.2, -0.15) is 0 Å². The number of rotatable bonds is 6. The molecule has 2 aromatic rings. The lowest BCUT2D eigenvalue weighted by Crippen LogP contribution is -2.24. The lowest BCUT2D eigenvalue weighted by molar-refractivity contribution is -0.143. The van der Waals surface area contributed by atoms with Crippen molar-refractivity contribution in [3.05, 3.63) is 63.1 Å². The monoisotopic (exact) mass is 409 g/mol. The van der Waals surface area contributed by atoms with Crippen molar-refractivity contribution in [2.45, 2.75) is 19.8 Å². The predicted molar refractivity (Wildman–Crippen MR) is 98.4 cm³/mol. The van der Waals surface area contributed by atoms with Crippen LogP contribution in [0, 0.1) is 12.8 Å². The number of aliphatic carboxylic acids is 1. The lowest BCUT2D eigenvalue weighted by Gasteiger charge is -2.13. The molecule has 4 nitrogen and oxygen atoms in total. The Morgan fingerprint density at radius 2 is 1.88 bits per heavy atom. The molecule has 0 bridgehead atoms. The van der Waals surface area contributed by atoms with Gasteiger partial charge in [0.05, 0.1) is 5.92 Å². The fourth-order valence-electron chi connectivity index (χ4n) is 2.26. The van der Waals surface area contributed by atoms with Gasteiger partial charge in [-0.15, -0.1) is 0 Å². The van der Waals surface area contributed by atoms with Crippen molar-refractivity contribution in [3.8, 4) is 0 Å². The van der Waals surface area contributed by atoms with E-state index in [0.29, 0.717) is 10.7 Å². The Labute approximate surface area is 154 Å². The third kappa shape index (κ3) is 5.35. The highest BCUT2D eigenvalue weighted by Gasteiger charge is 2.22. The fraction of sp³-hybridized carbons (Fsp3) is 0.222. The number of benzene rings is 2. The molecule has 0 saturated carbocycles. The zero-order valence-corrected chi connectivity index (χ0v) is 15.4. The van der Waals surface area contributed by atoms with Crippen LogP contribution in [0.1, 0.15) is 17.5 Å². The number of carbonyl (C=O) groups is 2. The summed E-state index contributed by atoms with van der Waals surface area (Å²) < 4.78 is 0.885. The molecule has 0 spiro atoms. The van der Waals surface area contributed by atoms with E-state index in [4.69, 9.17) is 11.6 Å². The maximum Gasteiger partial charge on any atom is 0.307 e. The first-order chi connectivity index (χ1) is 11.3. The number of nitrogens with one attached hydrogen (secondary N) is 1. The average molecular weight is 411 g/mol. The molecule has 0 heterocycles. The van der Waals surface area contributed by atoms with Crippen molar-refractivity contribution in [3.63, 3.8) is 0 Å². The number of anilines is 1. The Balaban J connectivity index is 2.01. The second-order valence-corrected chi connectivity index (χ2v) is 6.87. The highest BCUT2D eigenvalue weighted by Crippen LogP contribution is 2.22. The molecule has 0 aliphatic rings. The molecule has 24 heavy (non-hydrogen) atoms. The smallest absolute Gasteiger partial charge is 0.307 e. The molecule has 0 aliphatic heterocycles. The number of carbonyl (C=O) groups excluding carboxylic acids is 1. The van der Waals surface area contributed by atoms with Gasteiger partial charge in [0, 0.05) is 21.6 Å². The van der Waals surface area contributed by atoms with Crippen LogP contribution in [0.5, 0.6) is 0 Å². The van der Waals surface area contributed by atoms with E-state index < -0.39 is 11.9 Å². The van der Waals surface area contributed by atoms with Crippen LogP contribution in [0.2, 0.25) is 5.02 Å². The van der Waals surface area contributed by atoms with Crippen LogP contribution in [0.25, 0.3) is 0 Å². The van der Waals surface area contributed by atoms with Crippen molar-refractivity contribution >= 4 is 45.1 Å². The summed E-state index contributed by atoms with van der Waals surface area (Å²) in [6, 6.07) is 12.4. The summed E-state index contributed by atoms with van der Waals surface area (Å²) in [6.07, 6.45) is 0.182. The van der Waals surface area contributed by atoms with Crippen LogP contribution in [0.3, 0.4) is 0 Å². The van der Waals surface area contributed by atoms with Crippen LogP contribution in [0.4, 0.5) is 5.69 Å². The van der Waals surface area contributed by atoms with Gasteiger partial charge < -0.3 is 10.4 Å². The largest absolute Gasteiger partial charge is 0.481 e. The van der Waals surface area contributed by atoms with Crippen molar-refractivity contribution in [1.82, 2.24) is 0 Å². The Morgan fingerprint density at radius 1 is 1.21 bits per heavy atom. The van der Waals surface area contributed by atoms with Crippen LogP contribution in [-0.4, -0.2) is 17.0 Å². The molecule has 2 rings (SSSR count). The van der Waals surface area contributed by atoms with Gasteiger partial charge in [0.15, 0.2) is 0 Å². The number of amides is 1. The lowest BCUT2D eigenvalue weighted by atomic mass is 9.96. The molecule has 0 radical (unpaired) electrons. The third-order valence-corrected chi connectivity index (χ3v) is 4.74. The minimum atomic E-state index is -0.995. The van der Waals surface area contributed by atoms with Gasteiger partial charge >= 0.3 is 5.97 Å². The highest BCUT2D eigenvalue weighted by molar-refractivity contribution is 9.10. The van der Waals surface area contributed by atoms with Gasteiger partial charge in [0.2, 0.25) is 5.91 Å². The van der Waals surface area contributed by atoms with E-state index in [9.17, 15) is 14.7 Å². The van der Waals surface area contributed by atoms with Gasteiger partial charge in [0.1, 0.15) is 0 Å². The molecule has 2 N–H and O–H groups in total. The first kappa shape index (κ1) is 18.5. The maximum atomic E-state index is 12.2. The Bertz CT molecular complexity index is 746. The van der Waals surface area contributed by atoms with Gasteiger partial charge in [-0.3, -0.25) is 9.59 Å². The van der Waals surface area contributed by atoms with Crippen LogP contribution in [-0.2, 0) is 16.0 Å². The molecule has 0 aliphatic carbocycles. The van der Waals surface area contributed by atoms with Crippen molar-refractivity contribution < 1.29 is 14.7 Å². The van der Waals surface area contributed by atoms with Crippen LogP contribution >= 0.6 is 27.5 Å². The summed E-state index contributed by atoms with van der Waals surface area (Å²) in [4.78, 5) is 23.6. The van der Waals surface area contributed by atoms with E-state index in [1.54, 1.807) is 36.4 Å². The fourth-order valence-corrected chi connectivity index (χ4v) is 2.76. The normalized spacial score (nSPS) is 11.8. The summed E-state index contributed by atoms with van der Waals surface area (Å²) in [5.74, 6) is -2.11. The van der Waals surface area contributed by atoms with Crippen molar-refractivity contribution in [1.29, 1.82) is 0 Å².